The van der Waals surface area contributed by atoms with Crippen molar-refractivity contribution in [3.8, 4) is 11.9 Å². The number of halogens is 1. The number of rotatable bonds is 1. The van der Waals surface area contributed by atoms with Gasteiger partial charge in [-0.1, -0.05) is 0 Å². The smallest absolute Gasteiger partial charge is 0.319 e. The first kappa shape index (κ1) is 7.52. The Morgan fingerprint density at radius 2 is 2.40 bits per heavy atom. The number of methoxy groups -OCH3 is 1. The molecule has 0 saturated heterocycles. The van der Waals surface area contributed by atoms with Crippen LogP contribution < -0.4 is 4.74 Å². The van der Waals surface area contributed by atoms with E-state index in [0.717, 1.165) is 0 Å². The van der Waals surface area contributed by atoms with Gasteiger partial charge in [0.05, 0.1) is 16.9 Å². The maximum atomic E-state index is 8.99. The number of aromatic nitrogens is 2. The van der Waals surface area contributed by atoms with Crippen LogP contribution in [0.2, 0.25) is 0 Å². The predicted octanol–water partition coefficient (Wildman–Crippen LogP) is 0.795. The van der Waals surface area contributed by atoms with Gasteiger partial charge in [0.1, 0.15) is 0 Å². The van der Waals surface area contributed by atoms with E-state index in [2.05, 4.69) is 14.7 Å². The molecule has 0 bridgehead atoms. The van der Waals surface area contributed by atoms with Crippen LogP contribution in [0.3, 0.4) is 0 Å². The molecule has 0 aromatic carbocycles. The summed E-state index contributed by atoms with van der Waals surface area (Å²) < 4.78 is 5.27. The van der Waals surface area contributed by atoms with Crippen molar-refractivity contribution >= 4 is 22.6 Å². The van der Waals surface area contributed by atoms with Gasteiger partial charge in [-0.25, -0.2) is 4.98 Å². The molecule has 0 unspecified atom stereocenters. The lowest BCUT2D eigenvalue weighted by atomic mass is 10.6. The first-order valence-electron chi connectivity index (χ1n) is 2.49. The third-order valence-corrected chi connectivity index (χ3v) is 1.65. The van der Waals surface area contributed by atoms with Crippen LogP contribution in [-0.2, 0) is 0 Å². The molecule has 4 nitrogen and oxygen atoms in total. The van der Waals surface area contributed by atoms with Gasteiger partial charge in [-0.3, -0.25) is 0 Å². The molecule has 5 heteroatoms. The van der Waals surface area contributed by atoms with E-state index in [9.17, 15) is 0 Å². The highest BCUT2D eigenvalue weighted by Crippen LogP contribution is 2.16. The van der Waals surface area contributed by atoms with Gasteiger partial charge in [-0.15, -0.1) is 0 Å². The number of hydrogen-bond donors (Lipinski definition) is 1. The quantitative estimate of drug-likeness (QED) is 0.751. The lowest BCUT2D eigenvalue weighted by molar-refractivity contribution is 0.362. The summed E-state index contributed by atoms with van der Waals surface area (Å²) in [6, 6.07) is 0.179. The molecule has 0 radical (unpaired) electrons. The highest BCUT2D eigenvalue weighted by Gasteiger charge is 2.00. The largest absolute Gasteiger partial charge is 0.492 e. The molecule has 0 aliphatic rings. The fourth-order valence-corrected chi connectivity index (χ4v) is 0.701. The third-order valence-electron chi connectivity index (χ3n) is 0.886. The van der Waals surface area contributed by atoms with Gasteiger partial charge in [0.25, 0.3) is 0 Å². The average molecular weight is 252 g/mol. The van der Waals surface area contributed by atoms with Crippen LogP contribution in [0.15, 0.2) is 6.20 Å². The van der Waals surface area contributed by atoms with E-state index in [0.29, 0.717) is 3.57 Å². The number of hydrogen-bond acceptors (Lipinski definition) is 4. The molecule has 1 heterocycles. The highest BCUT2D eigenvalue weighted by atomic mass is 127. The highest BCUT2D eigenvalue weighted by molar-refractivity contribution is 14.1. The molecule has 0 saturated carbocycles. The van der Waals surface area contributed by atoms with Crippen molar-refractivity contribution in [2.45, 2.75) is 0 Å². The average Bonchev–Trinajstić information content (AvgIpc) is 1.95. The Balaban J connectivity index is 3.04. The molecule has 54 valence electrons. The number of nitrogens with zero attached hydrogens (tertiary/aromatic N) is 2. The molecule has 0 fully saturated rings. The summed E-state index contributed by atoms with van der Waals surface area (Å²) in [4.78, 5) is 7.36. The zero-order valence-corrected chi connectivity index (χ0v) is 7.36. The van der Waals surface area contributed by atoms with Crippen LogP contribution in [0.25, 0.3) is 0 Å². The van der Waals surface area contributed by atoms with E-state index in [4.69, 9.17) is 5.11 Å². The van der Waals surface area contributed by atoms with Crippen LogP contribution in [0.5, 0.6) is 11.9 Å². The van der Waals surface area contributed by atoms with Crippen molar-refractivity contribution in [3.63, 3.8) is 0 Å². The van der Waals surface area contributed by atoms with Gasteiger partial charge in [0.15, 0.2) is 0 Å². The minimum absolute atomic E-state index is 0.0487. The summed E-state index contributed by atoms with van der Waals surface area (Å²) in [5.74, 6) is -0.0487. The van der Waals surface area contributed by atoms with Gasteiger partial charge in [-0.05, 0) is 22.6 Å². The summed E-state index contributed by atoms with van der Waals surface area (Å²) in [5.41, 5.74) is 0. The Morgan fingerprint density at radius 1 is 1.70 bits per heavy atom. The molecule has 1 N–H and O–H groups in total. The van der Waals surface area contributed by atoms with E-state index < -0.39 is 0 Å². The molecule has 0 aliphatic carbocycles. The molecular weight excluding hydrogens is 247 g/mol. The van der Waals surface area contributed by atoms with E-state index in [1.165, 1.54) is 13.3 Å². The van der Waals surface area contributed by atoms with Crippen molar-refractivity contribution in [2.75, 3.05) is 7.11 Å². The van der Waals surface area contributed by atoms with E-state index >= 15 is 0 Å². The topological polar surface area (TPSA) is 55.2 Å². The molecule has 10 heavy (non-hydrogen) atoms. The third kappa shape index (κ3) is 1.47. The second kappa shape index (κ2) is 3.00. The zero-order chi connectivity index (χ0) is 7.56. The zero-order valence-electron chi connectivity index (χ0n) is 5.21. The van der Waals surface area contributed by atoms with Crippen LogP contribution >= 0.6 is 22.6 Å². The fraction of sp³-hybridized carbons (Fsp3) is 0.200. The van der Waals surface area contributed by atoms with Crippen LogP contribution in [0, 0.1) is 3.57 Å². The summed E-state index contributed by atoms with van der Waals surface area (Å²) >= 11 is 1.93. The second-order valence-electron chi connectivity index (χ2n) is 1.53. The van der Waals surface area contributed by atoms with Crippen molar-refractivity contribution in [1.82, 2.24) is 9.97 Å². The van der Waals surface area contributed by atoms with Crippen LogP contribution in [-0.4, -0.2) is 22.2 Å². The lowest BCUT2D eigenvalue weighted by Crippen LogP contribution is -1.91. The van der Waals surface area contributed by atoms with Gasteiger partial charge >= 0.3 is 6.01 Å². The van der Waals surface area contributed by atoms with Crippen LogP contribution in [0.1, 0.15) is 0 Å². The van der Waals surface area contributed by atoms with Gasteiger partial charge in [-0.2, -0.15) is 4.98 Å². The molecule has 1 aromatic rings. The molecule has 0 amide bonds. The van der Waals surface area contributed by atoms with Crippen molar-refractivity contribution < 1.29 is 9.84 Å². The molecule has 0 aliphatic heterocycles. The molecule has 1 aromatic heterocycles. The van der Waals surface area contributed by atoms with Crippen LogP contribution in [0.4, 0.5) is 0 Å². The number of aromatic hydroxyl groups is 1. The molecular formula is C5H5IN2O2. The normalized spacial score (nSPS) is 9.40. The Morgan fingerprint density at radius 3 is 2.90 bits per heavy atom. The minimum atomic E-state index is -0.0487. The molecule has 0 atom stereocenters. The van der Waals surface area contributed by atoms with Gasteiger partial charge < -0.3 is 9.84 Å². The Bertz CT molecular complexity index is 241. The first-order chi connectivity index (χ1) is 4.74. The Hall–Kier alpha value is -0.590. The monoisotopic (exact) mass is 252 g/mol. The number of ether oxygens (including phenoxy) is 1. The SMILES string of the molecule is COc1ncc(I)c(O)n1. The standard InChI is InChI=1S/C5H5IN2O2/c1-10-5-7-2-3(6)4(9)8-5/h2H,1H3,(H,7,8,9). The predicted molar refractivity (Wildman–Crippen MR) is 43.0 cm³/mol. The maximum Gasteiger partial charge on any atom is 0.319 e. The van der Waals surface area contributed by atoms with Gasteiger partial charge in [0, 0.05) is 0 Å². The Kier molecular flexibility index (Phi) is 2.25. The van der Waals surface area contributed by atoms with Gasteiger partial charge in [0.2, 0.25) is 5.88 Å². The minimum Gasteiger partial charge on any atom is -0.492 e. The second-order valence-corrected chi connectivity index (χ2v) is 2.69. The lowest BCUT2D eigenvalue weighted by Gasteiger charge is -1.97. The summed E-state index contributed by atoms with van der Waals surface area (Å²) in [6.45, 7) is 0. The van der Waals surface area contributed by atoms with E-state index in [1.807, 2.05) is 22.6 Å². The summed E-state index contributed by atoms with van der Waals surface area (Å²) in [5, 5.41) is 8.99. The first-order valence-corrected chi connectivity index (χ1v) is 3.57. The van der Waals surface area contributed by atoms with Crippen molar-refractivity contribution in [1.29, 1.82) is 0 Å². The molecule has 1 rings (SSSR count). The maximum absolute atomic E-state index is 8.99. The fourth-order valence-electron chi connectivity index (χ4n) is 0.441. The van der Waals surface area contributed by atoms with Crippen molar-refractivity contribution in [2.24, 2.45) is 0 Å². The van der Waals surface area contributed by atoms with E-state index in [-0.39, 0.29) is 11.9 Å². The summed E-state index contributed by atoms with van der Waals surface area (Å²) in [6.07, 6.45) is 1.49. The van der Waals surface area contributed by atoms with Crippen molar-refractivity contribution in [3.05, 3.63) is 9.77 Å². The Labute approximate surface area is 71.4 Å². The molecule has 0 spiro atoms. The summed E-state index contributed by atoms with van der Waals surface area (Å²) in [7, 11) is 1.45. The van der Waals surface area contributed by atoms with E-state index in [1.54, 1.807) is 0 Å².